The van der Waals surface area contributed by atoms with Crippen molar-refractivity contribution in [3.63, 3.8) is 0 Å². The van der Waals surface area contributed by atoms with Crippen LogP contribution in [0.2, 0.25) is 0 Å². The quantitative estimate of drug-likeness (QED) is 0.118. The molecule has 1 heterocycles. The second kappa shape index (κ2) is 17.8. The minimum atomic E-state index is -4.64. The number of aromatic nitrogens is 1. The van der Waals surface area contributed by atoms with E-state index in [1.165, 1.54) is 30.2 Å². The summed E-state index contributed by atoms with van der Waals surface area (Å²) in [7, 11) is 1.66. The summed E-state index contributed by atoms with van der Waals surface area (Å²) in [6.07, 6.45) is 4.98. The summed E-state index contributed by atoms with van der Waals surface area (Å²) in [6, 6.07) is 2.98. The third-order valence-electron chi connectivity index (χ3n) is 9.24. The Hall–Kier alpha value is -3.94. The summed E-state index contributed by atoms with van der Waals surface area (Å²) in [4.78, 5) is 56.8. The van der Waals surface area contributed by atoms with Crippen LogP contribution in [0.4, 0.5) is 23.7 Å². The summed E-state index contributed by atoms with van der Waals surface area (Å²) < 4.78 is 46.0. The molecule has 2 saturated carbocycles. The van der Waals surface area contributed by atoms with Crippen LogP contribution < -0.4 is 16.4 Å². The van der Waals surface area contributed by atoms with E-state index in [1.807, 2.05) is 0 Å². The maximum absolute atomic E-state index is 13.5. The molecule has 4 rings (SSSR count). The monoisotopic (exact) mass is 719 g/mol. The number of carbonyl (C=O) groups excluding carboxylic acids is 4. The number of primary amides is 1. The molecule has 14 heteroatoms. The van der Waals surface area contributed by atoms with Crippen molar-refractivity contribution in [2.45, 2.75) is 90.3 Å². The number of unbranched alkanes of at least 4 members (excludes halogenated alkanes) is 2. The van der Waals surface area contributed by atoms with Crippen molar-refractivity contribution < 1.29 is 37.1 Å². The molecule has 1 unspecified atom stereocenters. The SMILES string of the molecule is CCCC(/C=C\CCCCN(C)C(=O)[C@@H]1C[C@H](OC(=O)Nc2cc(C(F)(F)F)ccc2-c2csc(C)n2)C[C@H]1C(N)=O)CC(=O)NCC1CC1. The number of anilines is 1. The number of benzene rings is 1. The van der Waals surface area contributed by atoms with Crippen molar-refractivity contribution in [2.24, 2.45) is 29.4 Å². The van der Waals surface area contributed by atoms with Gasteiger partial charge in [0.1, 0.15) is 6.10 Å². The van der Waals surface area contributed by atoms with Crippen LogP contribution >= 0.6 is 11.3 Å². The van der Waals surface area contributed by atoms with Gasteiger partial charge >= 0.3 is 12.3 Å². The zero-order valence-corrected chi connectivity index (χ0v) is 29.7. The molecule has 2 aliphatic carbocycles. The van der Waals surface area contributed by atoms with Crippen molar-refractivity contribution in [2.75, 3.05) is 25.5 Å². The molecule has 4 atom stereocenters. The van der Waals surface area contributed by atoms with Crippen LogP contribution in [0.5, 0.6) is 0 Å². The molecule has 10 nitrogen and oxygen atoms in total. The van der Waals surface area contributed by atoms with E-state index in [4.69, 9.17) is 10.5 Å². The molecule has 0 radical (unpaired) electrons. The number of alkyl halides is 3. The normalized spacial score (nSPS) is 19.7. The third kappa shape index (κ3) is 11.6. The lowest BCUT2D eigenvalue weighted by Gasteiger charge is -2.23. The Morgan fingerprint density at radius 1 is 1.16 bits per heavy atom. The van der Waals surface area contributed by atoms with Gasteiger partial charge in [0.2, 0.25) is 17.7 Å². The zero-order chi connectivity index (χ0) is 36.4. The topological polar surface area (TPSA) is 144 Å². The average Bonchev–Trinajstić information content (AvgIpc) is 3.64. The first-order chi connectivity index (χ1) is 23.7. The van der Waals surface area contributed by atoms with Gasteiger partial charge in [-0.1, -0.05) is 31.6 Å². The van der Waals surface area contributed by atoms with Gasteiger partial charge in [-0.05, 0) is 82.3 Å². The van der Waals surface area contributed by atoms with Crippen molar-refractivity contribution in [1.82, 2.24) is 15.2 Å². The molecule has 2 aromatic rings. The minimum Gasteiger partial charge on any atom is -0.446 e. The van der Waals surface area contributed by atoms with E-state index in [9.17, 15) is 32.3 Å². The molecule has 0 bridgehead atoms. The second-order valence-corrected chi connectivity index (χ2v) is 14.5. The lowest BCUT2D eigenvalue weighted by atomic mass is 9.94. The molecule has 0 aliphatic heterocycles. The standard InChI is InChI=1S/C36H48F3N5O5S/c1-4-9-23(16-32(45)41-20-24-11-12-24)10-7-5-6-8-15-44(3)34(47)29-19-26(18-28(29)33(40)46)49-35(48)43-30-17-25(36(37,38)39)13-14-27(30)31-21-50-22(2)42-31/h7,10,13-14,17,21,23-24,26,28-29H,4-6,8-9,11-12,15-16,18-20H2,1-3H3,(H2,40,46)(H,41,45)(H,43,48)/b10-7-/t23?,26-,28-,29-/m1/s1. The lowest BCUT2D eigenvalue weighted by molar-refractivity contribution is -0.139. The minimum absolute atomic E-state index is 0.0239. The van der Waals surface area contributed by atoms with E-state index in [0.717, 1.165) is 50.8 Å². The van der Waals surface area contributed by atoms with Gasteiger partial charge in [-0.2, -0.15) is 13.2 Å². The largest absolute Gasteiger partial charge is 0.446 e. The number of nitrogens with zero attached hydrogens (tertiary/aromatic N) is 2. The fraction of sp³-hybridized carbons (Fsp3) is 0.583. The molecule has 50 heavy (non-hydrogen) atoms. The predicted molar refractivity (Wildman–Crippen MR) is 186 cm³/mol. The third-order valence-corrected chi connectivity index (χ3v) is 10.0. The Balaban J connectivity index is 1.27. The highest BCUT2D eigenvalue weighted by Crippen LogP contribution is 2.38. The molecule has 2 aliphatic rings. The maximum Gasteiger partial charge on any atom is 0.416 e. The summed E-state index contributed by atoms with van der Waals surface area (Å²) in [6.45, 7) is 5.09. The van der Waals surface area contributed by atoms with Crippen molar-refractivity contribution >= 4 is 40.8 Å². The maximum atomic E-state index is 13.5. The Bertz CT molecular complexity index is 1530. The van der Waals surface area contributed by atoms with Crippen LogP contribution in [0, 0.1) is 30.6 Å². The summed E-state index contributed by atoms with van der Waals surface area (Å²) in [5.74, 6) is -1.67. The number of carbonyl (C=O) groups is 4. The van der Waals surface area contributed by atoms with Gasteiger partial charge in [-0.25, -0.2) is 9.78 Å². The smallest absolute Gasteiger partial charge is 0.416 e. The van der Waals surface area contributed by atoms with Crippen LogP contribution in [0.15, 0.2) is 35.7 Å². The van der Waals surface area contributed by atoms with Crippen LogP contribution in [-0.4, -0.2) is 59.9 Å². The number of nitrogens with one attached hydrogen (secondary N) is 2. The van der Waals surface area contributed by atoms with E-state index in [-0.39, 0.29) is 36.3 Å². The number of halogens is 3. The first-order valence-electron chi connectivity index (χ1n) is 17.3. The molecule has 0 spiro atoms. The van der Waals surface area contributed by atoms with Crippen molar-refractivity contribution in [3.8, 4) is 11.3 Å². The van der Waals surface area contributed by atoms with E-state index in [2.05, 4.69) is 34.7 Å². The van der Waals surface area contributed by atoms with Crippen molar-refractivity contribution in [1.29, 1.82) is 0 Å². The number of thiazole rings is 1. The van der Waals surface area contributed by atoms with Gasteiger partial charge in [0, 0.05) is 37.5 Å². The van der Waals surface area contributed by atoms with Gasteiger partial charge in [-0.15, -0.1) is 11.3 Å². The van der Waals surface area contributed by atoms with Crippen LogP contribution in [0.1, 0.15) is 81.7 Å². The fourth-order valence-corrected chi connectivity index (χ4v) is 6.93. The van der Waals surface area contributed by atoms with E-state index >= 15 is 0 Å². The first-order valence-corrected chi connectivity index (χ1v) is 18.2. The molecule has 1 aromatic carbocycles. The van der Waals surface area contributed by atoms with Gasteiger partial charge in [0.25, 0.3) is 0 Å². The molecule has 4 amide bonds. The molecular weight excluding hydrogens is 671 g/mol. The van der Waals surface area contributed by atoms with E-state index in [0.29, 0.717) is 35.1 Å². The molecule has 4 N–H and O–H groups in total. The van der Waals surface area contributed by atoms with Gasteiger partial charge < -0.3 is 20.7 Å². The van der Waals surface area contributed by atoms with Gasteiger partial charge in [0.15, 0.2) is 0 Å². The lowest BCUT2D eigenvalue weighted by Crippen LogP contribution is -2.39. The molecule has 274 valence electrons. The molecule has 0 saturated heterocycles. The number of aryl methyl sites for hydroxylation is 1. The molecule has 1 aromatic heterocycles. The van der Waals surface area contributed by atoms with Gasteiger partial charge in [-0.3, -0.25) is 19.7 Å². The predicted octanol–water partition coefficient (Wildman–Crippen LogP) is 7.08. The summed E-state index contributed by atoms with van der Waals surface area (Å²) >= 11 is 1.31. The average molecular weight is 720 g/mol. The number of amides is 4. The molecular formula is C36H48F3N5O5S. The Labute approximate surface area is 295 Å². The van der Waals surface area contributed by atoms with E-state index < -0.39 is 41.7 Å². The summed E-state index contributed by atoms with van der Waals surface area (Å²) in [5.41, 5.74) is 5.25. The number of hydrogen-bond donors (Lipinski definition) is 3. The van der Waals surface area contributed by atoms with E-state index in [1.54, 1.807) is 24.3 Å². The Kier molecular flexibility index (Phi) is 13.8. The zero-order valence-electron chi connectivity index (χ0n) is 28.9. The van der Waals surface area contributed by atoms with Crippen molar-refractivity contribution in [3.05, 3.63) is 46.3 Å². The van der Waals surface area contributed by atoms with Crippen LogP contribution in [0.25, 0.3) is 11.3 Å². The van der Waals surface area contributed by atoms with Crippen LogP contribution in [0.3, 0.4) is 0 Å². The second-order valence-electron chi connectivity index (χ2n) is 13.4. The number of rotatable bonds is 17. The number of allylic oxidation sites excluding steroid dienone is 2. The number of hydrogen-bond acceptors (Lipinski definition) is 7. The highest BCUT2D eigenvalue weighted by atomic mass is 32.1. The first kappa shape index (κ1) is 38.9. The number of nitrogens with two attached hydrogens (primary N) is 1. The van der Waals surface area contributed by atoms with Crippen LogP contribution in [-0.2, 0) is 25.3 Å². The summed E-state index contributed by atoms with van der Waals surface area (Å²) in [5, 5.41) is 7.82. The highest BCUT2D eigenvalue weighted by Gasteiger charge is 2.44. The molecule has 2 fully saturated rings. The Morgan fingerprint density at radius 2 is 1.90 bits per heavy atom. The Morgan fingerprint density at radius 3 is 2.54 bits per heavy atom. The van der Waals surface area contributed by atoms with Gasteiger partial charge in [0.05, 0.1) is 33.8 Å². The fourth-order valence-electron chi connectivity index (χ4n) is 6.32. The highest BCUT2D eigenvalue weighted by molar-refractivity contribution is 7.09. The number of ether oxygens (including phenoxy) is 1.